The van der Waals surface area contributed by atoms with Crippen LogP contribution in [0.3, 0.4) is 0 Å². The Balaban J connectivity index is 0.000000810. The van der Waals surface area contributed by atoms with Crippen molar-refractivity contribution in [2.75, 3.05) is 13.1 Å². The third-order valence-electron chi connectivity index (χ3n) is 4.39. The Kier molecular flexibility index (Phi) is 5.31. The first kappa shape index (κ1) is 16.5. The Labute approximate surface area is 121 Å². The molecule has 0 aromatic heterocycles. The van der Waals surface area contributed by atoms with Gasteiger partial charge in [-0.3, -0.25) is 4.90 Å². The zero-order valence-corrected chi connectivity index (χ0v) is 12.6. The van der Waals surface area contributed by atoms with Crippen LogP contribution in [0.1, 0.15) is 25.7 Å². The van der Waals surface area contributed by atoms with Gasteiger partial charge in [0.2, 0.25) is 10.0 Å². The van der Waals surface area contributed by atoms with Crippen LogP contribution in [0.2, 0.25) is 0 Å². The van der Waals surface area contributed by atoms with Crippen LogP contribution >= 0.6 is 24.8 Å². The summed E-state index contributed by atoms with van der Waals surface area (Å²) in [5.41, 5.74) is 0. The van der Waals surface area contributed by atoms with E-state index in [4.69, 9.17) is 5.14 Å². The average Bonchev–Trinajstić information content (AvgIpc) is 2.39. The van der Waals surface area contributed by atoms with Crippen molar-refractivity contribution in [3.8, 4) is 0 Å². The van der Waals surface area contributed by atoms with E-state index >= 15 is 0 Å². The van der Waals surface area contributed by atoms with Gasteiger partial charge >= 0.3 is 0 Å². The second-order valence-electron chi connectivity index (χ2n) is 5.33. The molecule has 0 radical (unpaired) electrons. The van der Waals surface area contributed by atoms with Gasteiger partial charge in [0.05, 0.1) is 5.25 Å². The van der Waals surface area contributed by atoms with Crippen molar-refractivity contribution in [2.24, 2.45) is 5.14 Å². The minimum absolute atomic E-state index is 0. The summed E-state index contributed by atoms with van der Waals surface area (Å²) in [7, 11) is -3.33. The van der Waals surface area contributed by atoms with Crippen molar-refractivity contribution in [1.82, 2.24) is 10.2 Å². The van der Waals surface area contributed by atoms with Gasteiger partial charge in [-0.2, -0.15) is 0 Å². The molecule has 3 aliphatic heterocycles. The molecule has 0 amide bonds. The number of piperidine rings is 1. The Morgan fingerprint density at radius 3 is 1.83 bits per heavy atom. The maximum Gasteiger partial charge on any atom is 0.212 e. The summed E-state index contributed by atoms with van der Waals surface area (Å²) in [6.07, 6.45) is 3.78. The van der Waals surface area contributed by atoms with E-state index in [1.165, 1.54) is 0 Å². The molecule has 108 valence electrons. The van der Waals surface area contributed by atoms with Crippen molar-refractivity contribution < 1.29 is 8.42 Å². The molecule has 1 unspecified atom stereocenters. The number of nitrogens with two attached hydrogens (primary N) is 1. The maximum absolute atomic E-state index is 11.4. The second kappa shape index (κ2) is 5.81. The van der Waals surface area contributed by atoms with Gasteiger partial charge in [0.15, 0.2) is 0 Å². The fraction of sp³-hybridized carbons (Fsp3) is 1.00. The van der Waals surface area contributed by atoms with Gasteiger partial charge in [0.25, 0.3) is 0 Å². The number of hydrogen-bond acceptors (Lipinski definition) is 4. The molecule has 8 heteroatoms. The number of nitrogens with one attached hydrogen (secondary N) is 1. The first-order valence-electron chi connectivity index (χ1n) is 6.05. The molecule has 3 atom stereocenters. The predicted molar refractivity (Wildman–Crippen MR) is 75.9 cm³/mol. The monoisotopic (exact) mass is 317 g/mol. The zero-order chi connectivity index (χ0) is 11.3. The summed E-state index contributed by atoms with van der Waals surface area (Å²) in [5.74, 6) is 0. The van der Waals surface area contributed by atoms with Crippen molar-refractivity contribution in [2.45, 2.75) is 49.1 Å². The smallest absolute Gasteiger partial charge is 0.212 e. The molecule has 3 rings (SSSR count). The van der Waals surface area contributed by atoms with Crippen molar-refractivity contribution in [1.29, 1.82) is 0 Å². The van der Waals surface area contributed by atoms with Crippen LogP contribution in [0.25, 0.3) is 0 Å². The third-order valence-corrected chi connectivity index (χ3v) is 5.71. The van der Waals surface area contributed by atoms with Gasteiger partial charge in [-0.1, -0.05) is 0 Å². The normalized spacial score (nSPS) is 36.4. The topological polar surface area (TPSA) is 75.4 Å². The van der Waals surface area contributed by atoms with E-state index in [2.05, 4.69) is 10.2 Å². The molecule has 3 saturated heterocycles. The standard InChI is InChI=1S/C10H19N3O2S.2ClH/c11-16(14,15)10-3-7-1-2-8(4-10)13(7)9-5-12-6-9;;/h7-10,12H,1-6H2,(H2,11,14,15);2*1H/t7-,8+,10?;;. The molecule has 0 saturated carbocycles. The summed E-state index contributed by atoms with van der Waals surface area (Å²) >= 11 is 0. The fourth-order valence-corrected chi connectivity index (χ4v) is 4.49. The van der Waals surface area contributed by atoms with Crippen LogP contribution in [0.5, 0.6) is 0 Å². The van der Waals surface area contributed by atoms with Gasteiger partial charge in [-0.15, -0.1) is 24.8 Å². The lowest BCUT2D eigenvalue weighted by Crippen LogP contribution is -2.63. The molecule has 3 heterocycles. The van der Waals surface area contributed by atoms with Crippen LogP contribution in [0, 0.1) is 0 Å². The summed E-state index contributed by atoms with van der Waals surface area (Å²) < 4.78 is 22.8. The molecule has 0 aromatic carbocycles. The summed E-state index contributed by atoms with van der Waals surface area (Å²) in [6, 6.07) is 1.54. The minimum Gasteiger partial charge on any atom is -0.314 e. The number of hydrogen-bond donors (Lipinski definition) is 2. The molecule has 3 fully saturated rings. The Bertz CT molecular complexity index is 375. The highest BCUT2D eigenvalue weighted by atomic mass is 35.5. The van der Waals surface area contributed by atoms with Gasteiger partial charge in [0.1, 0.15) is 0 Å². The molecule has 3 N–H and O–H groups in total. The lowest BCUT2D eigenvalue weighted by Gasteiger charge is -2.46. The van der Waals surface area contributed by atoms with Gasteiger partial charge in [-0.25, -0.2) is 13.6 Å². The molecule has 0 spiro atoms. The molecular weight excluding hydrogens is 297 g/mol. The zero-order valence-electron chi connectivity index (χ0n) is 10.1. The van der Waals surface area contributed by atoms with Crippen LogP contribution in [0.4, 0.5) is 0 Å². The number of nitrogens with zero attached hydrogens (tertiary/aromatic N) is 1. The summed E-state index contributed by atoms with van der Waals surface area (Å²) in [4.78, 5) is 2.55. The molecule has 18 heavy (non-hydrogen) atoms. The third kappa shape index (κ3) is 2.78. The molecule has 3 aliphatic rings. The largest absolute Gasteiger partial charge is 0.314 e. The highest BCUT2D eigenvalue weighted by molar-refractivity contribution is 7.89. The first-order chi connectivity index (χ1) is 7.55. The van der Waals surface area contributed by atoms with Crippen molar-refractivity contribution in [3.05, 3.63) is 0 Å². The number of sulfonamides is 1. The summed E-state index contributed by atoms with van der Waals surface area (Å²) in [6.45, 7) is 2.13. The quantitative estimate of drug-likeness (QED) is 0.756. The average molecular weight is 318 g/mol. The van der Waals surface area contributed by atoms with Crippen LogP contribution < -0.4 is 10.5 Å². The van der Waals surface area contributed by atoms with E-state index in [0.717, 1.165) is 38.8 Å². The molecular formula is C10H21Cl2N3O2S. The predicted octanol–water partition coefficient (Wildman–Crippen LogP) is 0.0857. The van der Waals surface area contributed by atoms with E-state index in [1.807, 2.05) is 0 Å². The number of primary sulfonamides is 1. The lowest BCUT2D eigenvalue weighted by atomic mass is 9.97. The van der Waals surface area contributed by atoms with Gasteiger partial charge < -0.3 is 5.32 Å². The van der Waals surface area contributed by atoms with Crippen LogP contribution in [0.15, 0.2) is 0 Å². The SMILES string of the molecule is Cl.Cl.NS(=O)(=O)C1C[C@H]2CC[C@@H](C1)N2C1CNC1. The van der Waals surface area contributed by atoms with Crippen LogP contribution in [-0.4, -0.2) is 49.8 Å². The van der Waals surface area contributed by atoms with E-state index in [0.29, 0.717) is 18.1 Å². The highest BCUT2D eigenvalue weighted by Gasteiger charge is 2.47. The number of fused-ring (bicyclic) bond motifs is 2. The van der Waals surface area contributed by atoms with Crippen LogP contribution in [-0.2, 0) is 10.0 Å². The van der Waals surface area contributed by atoms with Gasteiger partial charge in [0, 0.05) is 31.2 Å². The number of halogens is 2. The Hall–Kier alpha value is 0.410. The molecule has 0 aliphatic carbocycles. The highest BCUT2D eigenvalue weighted by Crippen LogP contribution is 2.39. The molecule has 2 bridgehead atoms. The number of rotatable bonds is 2. The fourth-order valence-electron chi connectivity index (χ4n) is 3.51. The Morgan fingerprint density at radius 1 is 1.00 bits per heavy atom. The van der Waals surface area contributed by atoms with Crippen molar-refractivity contribution >= 4 is 34.8 Å². The van der Waals surface area contributed by atoms with E-state index in [9.17, 15) is 8.42 Å². The van der Waals surface area contributed by atoms with Crippen molar-refractivity contribution in [3.63, 3.8) is 0 Å². The second-order valence-corrected chi connectivity index (χ2v) is 7.17. The molecule has 5 nitrogen and oxygen atoms in total. The first-order valence-corrected chi connectivity index (χ1v) is 7.66. The maximum atomic E-state index is 11.4. The lowest BCUT2D eigenvalue weighted by molar-refractivity contribution is 0.0592. The molecule has 0 aromatic rings. The minimum atomic E-state index is -3.33. The summed E-state index contributed by atoms with van der Waals surface area (Å²) in [5, 5.41) is 8.26. The Morgan fingerprint density at radius 2 is 1.50 bits per heavy atom. The van der Waals surface area contributed by atoms with E-state index in [-0.39, 0.29) is 30.1 Å². The van der Waals surface area contributed by atoms with E-state index in [1.54, 1.807) is 0 Å². The van der Waals surface area contributed by atoms with Gasteiger partial charge in [-0.05, 0) is 25.7 Å². The van der Waals surface area contributed by atoms with E-state index < -0.39 is 10.0 Å².